The van der Waals surface area contributed by atoms with Crippen LogP contribution in [0.3, 0.4) is 0 Å². The molecule has 9 heteroatoms. The molecule has 2 amide bonds. The molecule has 0 bridgehead atoms. The molecule has 0 saturated carbocycles. The quantitative estimate of drug-likeness (QED) is 0.763. The highest BCUT2D eigenvalue weighted by Crippen LogP contribution is 2.31. The van der Waals surface area contributed by atoms with Crippen LogP contribution in [0.25, 0.3) is 11.3 Å². The number of esters is 1. The lowest BCUT2D eigenvalue weighted by atomic mass is 10.0. The highest BCUT2D eigenvalue weighted by Gasteiger charge is 2.32. The van der Waals surface area contributed by atoms with Gasteiger partial charge < -0.3 is 19.9 Å². The average Bonchev–Trinajstić information content (AvgIpc) is 3.07. The molecule has 1 saturated heterocycles. The number of benzene rings is 1. The highest BCUT2D eigenvalue weighted by molar-refractivity contribution is 6.33. The van der Waals surface area contributed by atoms with Crippen molar-refractivity contribution in [2.75, 3.05) is 13.2 Å². The molecule has 0 unspecified atom stereocenters. The van der Waals surface area contributed by atoms with Crippen LogP contribution in [0.15, 0.2) is 28.8 Å². The number of primary amides is 1. The molecule has 2 aromatic rings. The summed E-state index contributed by atoms with van der Waals surface area (Å²) in [5, 5.41) is 4.30. The van der Waals surface area contributed by atoms with Crippen LogP contribution in [0.5, 0.6) is 0 Å². The number of hydrogen-bond acceptors (Lipinski definition) is 6. The number of nitrogens with two attached hydrogens (primary N) is 1. The van der Waals surface area contributed by atoms with E-state index in [0.29, 0.717) is 23.6 Å². The summed E-state index contributed by atoms with van der Waals surface area (Å²) >= 11 is 6.18. The molecule has 0 radical (unpaired) electrons. The number of carbonyl (C=O) groups is 3. The SMILES string of the molecule is Cc1onc(-c2ccccc2Cl)c1C(=O)OCC(=O)N1CCCC[C@@H]1C(N)=O. The Morgan fingerprint density at radius 3 is 2.79 bits per heavy atom. The molecule has 2 N–H and O–H groups in total. The number of ether oxygens (including phenoxy) is 1. The van der Waals surface area contributed by atoms with E-state index in [9.17, 15) is 14.4 Å². The molecule has 28 heavy (non-hydrogen) atoms. The summed E-state index contributed by atoms with van der Waals surface area (Å²) in [6.07, 6.45) is 2.10. The van der Waals surface area contributed by atoms with E-state index in [4.69, 9.17) is 26.6 Å². The van der Waals surface area contributed by atoms with E-state index in [1.54, 1.807) is 31.2 Å². The van der Waals surface area contributed by atoms with Crippen LogP contribution in [0.4, 0.5) is 0 Å². The van der Waals surface area contributed by atoms with Crippen molar-refractivity contribution in [1.29, 1.82) is 0 Å². The second-order valence-corrected chi connectivity index (χ2v) is 6.93. The normalized spacial score (nSPS) is 16.6. The molecular formula is C19H20ClN3O5. The molecule has 1 aliphatic heterocycles. The van der Waals surface area contributed by atoms with Crippen molar-refractivity contribution in [2.45, 2.75) is 32.2 Å². The minimum atomic E-state index is -0.755. The zero-order chi connectivity index (χ0) is 20.3. The molecular weight excluding hydrogens is 386 g/mol. The predicted molar refractivity (Wildman–Crippen MR) is 101 cm³/mol. The van der Waals surface area contributed by atoms with Crippen molar-refractivity contribution in [1.82, 2.24) is 10.1 Å². The number of nitrogens with zero attached hydrogens (tertiary/aromatic N) is 2. The first-order valence-corrected chi connectivity index (χ1v) is 9.25. The average molecular weight is 406 g/mol. The second kappa shape index (κ2) is 8.43. The molecule has 1 aromatic carbocycles. The summed E-state index contributed by atoms with van der Waals surface area (Å²) in [7, 11) is 0. The fourth-order valence-corrected chi connectivity index (χ4v) is 3.48. The number of aromatic nitrogens is 1. The first-order chi connectivity index (χ1) is 13.4. The first kappa shape index (κ1) is 19.9. The van der Waals surface area contributed by atoms with E-state index in [1.807, 2.05) is 0 Å². The minimum absolute atomic E-state index is 0.103. The molecule has 3 rings (SSSR count). The highest BCUT2D eigenvalue weighted by atomic mass is 35.5. The third kappa shape index (κ3) is 4.01. The Labute approximate surface area is 166 Å². The van der Waals surface area contributed by atoms with Gasteiger partial charge >= 0.3 is 5.97 Å². The zero-order valence-corrected chi connectivity index (χ0v) is 16.1. The van der Waals surface area contributed by atoms with E-state index >= 15 is 0 Å². The Hall–Kier alpha value is -2.87. The second-order valence-electron chi connectivity index (χ2n) is 6.52. The predicted octanol–water partition coefficient (Wildman–Crippen LogP) is 2.33. The van der Waals surface area contributed by atoms with Gasteiger partial charge in [-0.05, 0) is 32.3 Å². The smallest absolute Gasteiger partial charge is 0.344 e. The molecule has 1 atom stereocenters. The van der Waals surface area contributed by atoms with E-state index in [0.717, 1.165) is 12.8 Å². The fourth-order valence-electron chi connectivity index (χ4n) is 3.26. The van der Waals surface area contributed by atoms with Crippen molar-refractivity contribution in [2.24, 2.45) is 5.73 Å². The maximum Gasteiger partial charge on any atom is 0.344 e. The van der Waals surface area contributed by atoms with Crippen LogP contribution in [0.1, 0.15) is 35.4 Å². The molecule has 1 aliphatic rings. The van der Waals surface area contributed by atoms with E-state index < -0.39 is 30.4 Å². The molecule has 0 aliphatic carbocycles. The van der Waals surface area contributed by atoms with Crippen molar-refractivity contribution in [3.05, 3.63) is 40.6 Å². The molecule has 148 valence electrons. The monoisotopic (exact) mass is 405 g/mol. The summed E-state index contributed by atoms with van der Waals surface area (Å²) in [4.78, 5) is 38.0. The van der Waals surface area contributed by atoms with Gasteiger partial charge in [-0.2, -0.15) is 0 Å². The number of piperidine rings is 1. The van der Waals surface area contributed by atoms with Crippen molar-refractivity contribution in [3.63, 3.8) is 0 Å². The summed E-state index contributed by atoms with van der Waals surface area (Å²) in [5.74, 6) is -1.53. The van der Waals surface area contributed by atoms with E-state index in [1.165, 1.54) is 4.90 Å². The number of likely N-dealkylation sites (tertiary alicyclic amines) is 1. The van der Waals surface area contributed by atoms with Crippen molar-refractivity contribution >= 4 is 29.4 Å². The lowest BCUT2D eigenvalue weighted by molar-refractivity contribution is -0.143. The zero-order valence-electron chi connectivity index (χ0n) is 15.3. The Kier molecular flexibility index (Phi) is 5.99. The topological polar surface area (TPSA) is 116 Å². The number of hydrogen-bond donors (Lipinski definition) is 1. The van der Waals surface area contributed by atoms with E-state index in [-0.39, 0.29) is 17.0 Å². The minimum Gasteiger partial charge on any atom is -0.452 e. The summed E-state index contributed by atoms with van der Waals surface area (Å²) in [6.45, 7) is 1.47. The van der Waals surface area contributed by atoms with Crippen LogP contribution in [-0.2, 0) is 14.3 Å². The lowest BCUT2D eigenvalue weighted by Crippen LogP contribution is -2.51. The third-order valence-electron chi connectivity index (χ3n) is 4.67. The summed E-state index contributed by atoms with van der Waals surface area (Å²) in [5.41, 5.74) is 6.24. The molecule has 0 spiro atoms. The largest absolute Gasteiger partial charge is 0.452 e. The number of carbonyl (C=O) groups excluding carboxylic acids is 3. The van der Waals surface area contributed by atoms with Gasteiger partial charge in [-0.3, -0.25) is 9.59 Å². The van der Waals surface area contributed by atoms with Gasteiger partial charge in [0.15, 0.2) is 6.61 Å². The van der Waals surface area contributed by atoms with Gasteiger partial charge in [0.2, 0.25) is 5.91 Å². The van der Waals surface area contributed by atoms with Crippen molar-refractivity contribution in [3.8, 4) is 11.3 Å². The number of amides is 2. The molecule has 8 nitrogen and oxygen atoms in total. The number of halogens is 1. The van der Waals surface area contributed by atoms with Crippen LogP contribution >= 0.6 is 11.6 Å². The fraction of sp³-hybridized carbons (Fsp3) is 0.368. The van der Waals surface area contributed by atoms with E-state index in [2.05, 4.69) is 5.16 Å². The van der Waals surface area contributed by atoms with Crippen LogP contribution < -0.4 is 5.73 Å². The molecule has 1 fully saturated rings. The number of rotatable bonds is 5. The van der Waals surface area contributed by atoms with Gasteiger partial charge in [-0.1, -0.05) is 35.0 Å². The van der Waals surface area contributed by atoms with Gasteiger partial charge in [-0.15, -0.1) is 0 Å². The van der Waals surface area contributed by atoms with Crippen LogP contribution in [-0.4, -0.2) is 47.0 Å². The van der Waals surface area contributed by atoms with Crippen LogP contribution in [0.2, 0.25) is 5.02 Å². The van der Waals surface area contributed by atoms with Gasteiger partial charge in [0.05, 0.1) is 5.02 Å². The third-order valence-corrected chi connectivity index (χ3v) is 5.00. The Morgan fingerprint density at radius 1 is 1.32 bits per heavy atom. The van der Waals surface area contributed by atoms with Gasteiger partial charge in [0.25, 0.3) is 5.91 Å². The Bertz CT molecular complexity index is 911. The van der Waals surface area contributed by atoms with Gasteiger partial charge in [-0.25, -0.2) is 4.79 Å². The maximum absolute atomic E-state index is 12.6. The van der Waals surface area contributed by atoms with Gasteiger partial charge in [0, 0.05) is 12.1 Å². The van der Waals surface area contributed by atoms with Gasteiger partial charge in [0.1, 0.15) is 23.1 Å². The number of aryl methyl sites for hydroxylation is 1. The molecule has 1 aromatic heterocycles. The lowest BCUT2D eigenvalue weighted by Gasteiger charge is -2.33. The Morgan fingerprint density at radius 2 is 2.07 bits per heavy atom. The van der Waals surface area contributed by atoms with Crippen molar-refractivity contribution < 1.29 is 23.6 Å². The Balaban J connectivity index is 1.74. The first-order valence-electron chi connectivity index (χ1n) is 8.87. The summed E-state index contributed by atoms with van der Waals surface area (Å²) in [6, 6.07) is 6.20. The summed E-state index contributed by atoms with van der Waals surface area (Å²) < 4.78 is 10.3. The van der Waals surface area contributed by atoms with Crippen LogP contribution in [0, 0.1) is 6.92 Å². The standard InChI is InChI=1S/C19H20ClN3O5/c1-11-16(17(22-28-11)12-6-2-3-7-13(12)20)19(26)27-10-15(24)23-9-5-4-8-14(23)18(21)25/h2-3,6-7,14H,4-5,8-10H2,1H3,(H2,21,25)/t14-/m1/s1. The molecule has 2 heterocycles. The maximum atomic E-state index is 12.6.